The maximum atomic E-state index is 13.9. The molecule has 0 saturated carbocycles. The van der Waals surface area contributed by atoms with Crippen LogP contribution in [0.5, 0.6) is 5.75 Å². The minimum atomic E-state index is -0.414. The van der Waals surface area contributed by atoms with Crippen LogP contribution in [-0.4, -0.2) is 5.84 Å². The van der Waals surface area contributed by atoms with E-state index in [1.807, 2.05) is 32.0 Å². The summed E-state index contributed by atoms with van der Waals surface area (Å²) in [7, 11) is 0. The zero-order valence-electron chi connectivity index (χ0n) is 11.5. The van der Waals surface area contributed by atoms with Crippen LogP contribution in [0, 0.1) is 25.1 Å². The normalized spacial score (nSPS) is 10.3. The molecule has 0 unspecified atom stereocenters. The Balaban J connectivity index is 2.15. The molecule has 0 heterocycles. The molecule has 0 aromatic heterocycles. The van der Waals surface area contributed by atoms with Crippen LogP contribution in [0.1, 0.15) is 22.3 Å². The summed E-state index contributed by atoms with van der Waals surface area (Å²) in [4.78, 5) is 0. The van der Waals surface area contributed by atoms with Crippen molar-refractivity contribution in [1.82, 2.24) is 0 Å². The summed E-state index contributed by atoms with van der Waals surface area (Å²) in [6.07, 6.45) is 0. The van der Waals surface area contributed by atoms with E-state index in [0.717, 1.165) is 16.9 Å². The zero-order valence-corrected chi connectivity index (χ0v) is 11.5. The standard InChI is InChI=1S/C16H17FN2O/c1-10-3-4-11(2)15(7-10)20-9-13-6-5-12(16(18)19)8-14(13)17/h3-8H,9H2,1-2H3,(H3,18,19). The van der Waals surface area contributed by atoms with Crippen molar-refractivity contribution in [3.63, 3.8) is 0 Å². The van der Waals surface area contributed by atoms with E-state index in [0.29, 0.717) is 11.1 Å². The Morgan fingerprint density at radius 3 is 2.60 bits per heavy atom. The number of nitrogens with one attached hydrogen (secondary N) is 1. The van der Waals surface area contributed by atoms with Gasteiger partial charge in [-0.15, -0.1) is 0 Å². The number of benzene rings is 2. The fraction of sp³-hybridized carbons (Fsp3) is 0.188. The molecular weight excluding hydrogens is 255 g/mol. The molecule has 0 aliphatic heterocycles. The number of amidine groups is 1. The summed E-state index contributed by atoms with van der Waals surface area (Å²) >= 11 is 0. The highest BCUT2D eigenvalue weighted by atomic mass is 19.1. The molecule has 4 heteroatoms. The fourth-order valence-corrected chi connectivity index (χ4v) is 1.85. The Morgan fingerprint density at radius 2 is 1.95 bits per heavy atom. The Morgan fingerprint density at radius 1 is 1.20 bits per heavy atom. The quantitative estimate of drug-likeness (QED) is 0.662. The lowest BCUT2D eigenvalue weighted by Crippen LogP contribution is -2.12. The average molecular weight is 272 g/mol. The van der Waals surface area contributed by atoms with Gasteiger partial charge in [0.1, 0.15) is 24.0 Å². The number of nitrogens with two attached hydrogens (primary N) is 1. The highest BCUT2D eigenvalue weighted by Gasteiger charge is 2.07. The van der Waals surface area contributed by atoms with Crippen LogP contribution in [0.3, 0.4) is 0 Å². The second-order valence-corrected chi connectivity index (χ2v) is 4.78. The molecule has 2 aromatic carbocycles. The molecule has 3 nitrogen and oxygen atoms in total. The number of halogens is 1. The zero-order chi connectivity index (χ0) is 14.7. The van der Waals surface area contributed by atoms with E-state index in [1.54, 1.807) is 12.1 Å². The highest BCUT2D eigenvalue weighted by molar-refractivity contribution is 5.94. The lowest BCUT2D eigenvalue weighted by Gasteiger charge is -2.11. The van der Waals surface area contributed by atoms with E-state index in [2.05, 4.69) is 0 Å². The lowest BCUT2D eigenvalue weighted by molar-refractivity contribution is 0.297. The van der Waals surface area contributed by atoms with Crippen molar-refractivity contribution < 1.29 is 9.13 Å². The van der Waals surface area contributed by atoms with E-state index in [-0.39, 0.29) is 12.4 Å². The van der Waals surface area contributed by atoms with Gasteiger partial charge in [-0.1, -0.05) is 24.3 Å². The van der Waals surface area contributed by atoms with Gasteiger partial charge in [0.25, 0.3) is 0 Å². The maximum absolute atomic E-state index is 13.9. The monoisotopic (exact) mass is 272 g/mol. The van der Waals surface area contributed by atoms with Gasteiger partial charge >= 0.3 is 0 Å². The minimum Gasteiger partial charge on any atom is -0.489 e. The van der Waals surface area contributed by atoms with Crippen molar-refractivity contribution in [2.24, 2.45) is 5.73 Å². The number of rotatable bonds is 4. The Bertz CT molecular complexity index is 653. The number of hydrogen-bond donors (Lipinski definition) is 2. The third-order valence-electron chi connectivity index (χ3n) is 3.09. The summed E-state index contributed by atoms with van der Waals surface area (Å²) in [5.41, 5.74) is 8.24. The van der Waals surface area contributed by atoms with Gasteiger partial charge in [0.2, 0.25) is 0 Å². The van der Waals surface area contributed by atoms with Gasteiger partial charge in [0, 0.05) is 11.1 Å². The largest absolute Gasteiger partial charge is 0.489 e. The predicted molar refractivity (Wildman–Crippen MR) is 77.7 cm³/mol. The van der Waals surface area contributed by atoms with E-state index in [1.165, 1.54) is 6.07 Å². The van der Waals surface area contributed by atoms with Crippen LogP contribution >= 0.6 is 0 Å². The summed E-state index contributed by atoms with van der Waals surface area (Å²) in [5, 5.41) is 7.27. The third kappa shape index (κ3) is 3.15. The van der Waals surface area contributed by atoms with Gasteiger partial charge in [-0.25, -0.2) is 4.39 Å². The molecular formula is C16H17FN2O. The number of nitrogen functional groups attached to an aromatic ring is 1. The first kappa shape index (κ1) is 14.1. The summed E-state index contributed by atoms with van der Waals surface area (Å²) in [6, 6.07) is 10.4. The topological polar surface area (TPSA) is 59.1 Å². The molecule has 0 aliphatic carbocycles. The number of hydrogen-bond acceptors (Lipinski definition) is 2. The van der Waals surface area contributed by atoms with Crippen molar-refractivity contribution in [3.05, 3.63) is 64.5 Å². The fourth-order valence-electron chi connectivity index (χ4n) is 1.85. The van der Waals surface area contributed by atoms with E-state index >= 15 is 0 Å². The van der Waals surface area contributed by atoms with Gasteiger partial charge in [-0.2, -0.15) is 0 Å². The maximum Gasteiger partial charge on any atom is 0.130 e. The van der Waals surface area contributed by atoms with Crippen LogP contribution in [-0.2, 0) is 6.61 Å². The molecule has 3 N–H and O–H groups in total. The van der Waals surface area contributed by atoms with Gasteiger partial charge < -0.3 is 10.5 Å². The minimum absolute atomic E-state index is 0.147. The number of ether oxygens (including phenoxy) is 1. The van der Waals surface area contributed by atoms with Crippen molar-refractivity contribution in [2.45, 2.75) is 20.5 Å². The molecule has 104 valence electrons. The molecule has 0 saturated heterocycles. The van der Waals surface area contributed by atoms with Gasteiger partial charge in [-0.05, 0) is 37.1 Å². The smallest absolute Gasteiger partial charge is 0.130 e. The first-order valence-electron chi connectivity index (χ1n) is 6.30. The summed E-state index contributed by atoms with van der Waals surface area (Å²) in [5.74, 6) is 0.189. The number of aryl methyl sites for hydroxylation is 2. The molecule has 0 atom stereocenters. The first-order chi connectivity index (χ1) is 9.47. The summed E-state index contributed by atoms with van der Waals surface area (Å²) < 4.78 is 19.5. The SMILES string of the molecule is Cc1ccc(C)c(OCc2ccc(C(=N)N)cc2F)c1. The Hall–Kier alpha value is -2.36. The van der Waals surface area contributed by atoms with Crippen LogP contribution < -0.4 is 10.5 Å². The highest BCUT2D eigenvalue weighted by Crippen LogP contribution is 2.21. The first-order valence-corrected chi connectivity index (χ1v) is 6.30. The predicted octanol–water partition coefficient (Wildman–Crippen LogP) is 3.31. The van der Waals surface area contributed by atoms with Crippen LogP contribution in [0.2, 0.25) is 0 Å². The molecule has 2 rings (SSSR count). The molecule has 0 bridgehead atoms. The molecule has 0 fully saturated rings. The molecule has 20 heavy (non-hydrogen) atoms. The second kappa shape index (κ2) is 5.74. The van der Waals surface area contributed by atoms with Gasteiger partial charge in [0.15, 0.2) is 0 Å². The Kier molecular flexibility index (Phi) is 4.03. The molecule has 2 aromatic rings. The molecule has 0 aliphatic rings. The van der Waals surface area contributed by atoms with Crippen LogP contribution in [0.4, 0.5) is 4.39 Å². The third-order valence-corrected chi connectivity index (χ3v) is 3.09. The summed E-state index contributed by atoms with van der Waals surface area (Å²) in [6.45, 7) is 4.08. The lowest BCUT2D eigenvalue weighted by atomic mass is 10.1. The van der Waals surface area contributed by atoms with Crippen molar-refractivity contribution in [1.29, 1.82) is 5.41 Å². The molecule has 0 amide bonds. The molecule has 0 radical (unpaired) electrons. The van der Waals surface area contributed by atoms with Crippen LogP contribution in [0.25, 0.3) is 0 Å². The van der Waals surface area contributed by atoms with Gasteiger partial charge in [0.05, 0.1) is 0 Å². The van der Waals surface area contributed by atoms with E-state index < -0.39 is 5.82 Å². The van der Waals surface area contributed by atoms with Crippen molar-refractivity contribution >= 4 is 5.84 Å². The van der Waals surface area contributed by atoms with E-state index in [4.69, 9.17) is 15.9 Å². The Labute approximate surface area is 117 Å². The van der Waals surface area contributed by atoms with Gasteiger partial charge in [-0.3, -0.25) is 5.41 Å². The van der Waals surface area contributed by atoms with E-state index in [9.17, 15) is 4.39 Å². The second-order valence-electron chi connectivity index (χ2n) is 4.78. The average Bonchev–Trinajstić information content (AvgIpc) is 2.40. The molecule has 0 spiro atoms. The van der Waals surface area contributed by atoms with Crippen molar-refractivity contribution in [2.75, 3.05) is 0 Å². The van der Waals surface area contributed by atoms with Crippen LogP contribution in [0.15, 0.2) is 36.4 Å². The van der Waals surface area contributed by atoms with Crippen molar-refractivity contribution in [3.8, 4) is 5.75 Å².